The Hall–Kier alpha value is -2.43. The molecule has 1 aromatic heterocycles. The second-order valence-electron chi connectivity index (χ2n) is 6.21. The first-order chi connectivity index (χ1) is 11.5. The van der Waals surface area contributed by atoms with Crippen LogP contribution in [-0.4, -0.2) is 17.1 Å². The molecule has 2 atom stereocenters. The number of hydrogen-bond donors (Lipinski definition) is 1. The first-order valence-corrected chi connectivity index (χ1v) is 8.07. The molecule has 2 heterocycles. The summed E-state index contributed by atoms with van der Waals surface area (Å²) in [5.41, 5.74) is 11.0. The second kappa shape index (κ2) is 6.59. The van der Waals surface area contributed by atoms with E-state index in [-0.39, 0.29) is 12.6 Å². The molecule has 0 saturated carbocycles. The smallest absolute Gasteiger partial charge is 0.128 e. The number of pyridine rings is 1. The summed E-state index contributed by atoms with van der Waals surface area (Å²) < 4.78 is 6.16. The Bertz CT molecular complexity index is 791. The summed E-state index contributed by atoms with van der Waals surface area (Å²) in [6.07, 6.45) is 4.17. The van der Waals surface area contributed by atoms with E-state index in [2.05, 4.69) is 20.3 Å². The van der Waals surface area contributed by atoms with Gasteiger partial charge >= 0.3 is 0 Å². The Balaban J connectivity index is 1.90. The molecule has 24 heavy (non-hydrogen) atoms. The zero-order valence-electron chi connectivity index (χ0n) is 13.5. The minimum atomic E-state index is -0.540. The average Bonchev–Trinajstić information content (AvgIpc) is 2.89. The van der Waals surface area contributed by atoms with Gasteiger partial charge in [-0.1, -0.05) is 16.7 Å². The van der Waals surface area contributed by atoms with Gasteiger partial charge in [0.2, 0.25) is 0 Å². The lowest BCUT2D eigenvalue weighted by molar-refractivity contribution is 0.124. The normalized spacial score (nSPS) is 19.8. The van der Waals surface area contributed by atoms with Gasteiger partial charge in [0.1, 0.15) is 11.4 Å². The van der Waals surface area contributed by atoms with Crippen molar-refractivity contribution in [2.24, 2.45) is 5.11 Å². The summed E-state index contributed by atoms with van der Waals surface area (Å²) in [5.74, 6) is 0.818. The van der Waals surface area contributed by atoms with E-state index in [1.165, 1.54) is 0 Å². The number of hydrogen-bond acceptors (Lipinski definition) is 4. The van der Waals surface area contributed by atoms with Crippen molar-refractivity contribution in [1.82, 2.24) is 4.98 Å². The zero-order chi connectivity index (χ0) is 17.2. The summed E-state index contributed by atoms with van der Waals surface area (Å²) in [5, 5.41) is 7.74. The van der Waals surface area contributed by atoms with Crippen molar-refractivity contribution in [2.75, 3.05) is 11.9 Å². The van der Waals surface area contributed by atoms with Crippen LogP contribution in [0.1, 0.15) is 31.0 Å². The molecule has 3 rings (SSSR count). The van der Waals surface area contributed by atoms with Gasteiger partial charge in [0.25, 0.3) is 0 Å². The number of rotatable bonds is 5. The predicted octanol–water partition coefficient (Wildman–Crippen LogP) is 4.91. The lowest BCUT2D eigenvalue weighted by Gasteiger charge is -2.23. The Morgan fingerprint density at radius 2 is 2.38 bits per heavy atom. The highest BCUT2D eigenvalue weighted by molar-refractivity contribution is 6.30. The molecule has 0 saturated heterocycles. The number of nitrogens with one attached hydrogen (secondary N) is 1. The van der Waals surface area contributed by atoms with Crippen LogP contribution >= 0.6 is 11.6 Å². The third kappa shape index (κ3) is 3.40. The largest absolute Gasteiger partial charge is 0.486 e. The molecule has 0 spiro atoms. The number of nitrogens with zero attached hydrogens (tertiary/aromatic N) is 4. The van der Waals surface area contributed by atoms with E-state index < -0.39 is 5.60 Å². The number of fused-ring (bicyclic) bond motifs is 1. The molecule has 0 fully saturated rings. The molecule has 0 radical (unpaired) electrons. The molecule has 1 unspecified atom stereocenters. The molecule has 1 aliphatic heterocycles. The predicted molar refractivity (Wildman–Crippen MR) is 94.5 cm³/mol. The topological polar surface area (TPSA) is 82.9 Å². The maximum Gasteiger partial charge on any atom is 0.128 e. The van der Waals surface area contributed by atoms with E-state index in [0.29, 0.717) is 11.4 Å². The molecule has 2 aromatic rings. The summed E-state index contributed by atoms with van der Waals surface area (Å²) in [6.45, 7) is 4.27. The van der Waals surface area contributed by atoms with Crippen molar-refractivity contribution < 1.29 is 4.74 Å². The molecule has 6 nitrogen and oxygen atoms in total. The number of anilines is 1. The van der Waals surface area contributed by atoms with Gasteiger partial charge in [-0.25, -0.2) is 0 Å². The quantitative estimate of drug-likeness (QED) is 0.475. The molecule has 124 valence electrons. The Kier molecular flexibility index (Phi) is 4.51. The molecule has 1 N–H and O–H groups in total. The van der Waals surface area contributed by atoms with Crippen LogP contribution in [0.4, 0.5) is 5.69 Å². The van der Waals surface area contributed by atoms with Crippen LogP contribution in [0, 0.1) is 0 Å². The van der Waals surface area contributed by atoms with Crippen molar-refractivity contribution in [1.29, 1.82) is 0 Å². The molecule has 0 aliphatic carbocycles. The molecule has 0 amide bonds. The SMILES string of the molecule is C[C@@H](Nc1cccnc1)c1cc(Cl)cc2c1OC(C)(CN=[N+]=[N-])C2. The average molecular weight is 344 g/mol. The molecular formula is C17H18ClN5O. The van der Waals surface area contributed by atoms with Crippen molar-refractivity contribution in [3.8, 4) is 5.75 Å². The maximum atomic E-state index is 8.57. The summed E-state index contributed by atoms with van der Waals surface area (Å²) in [7, 11) is 0. The van der Waals surface area contributed by atoms with Crippen LogP contribution in [0.25, 0.3) is 10.4 Å². The van der Waals surface area contributed by atoms with E-state index >= 15 is 0 Å². The highest BCUT2D eigenvalue weighted by Crippen LogP contribution is 2.42. The minimum Gasteiger partial charge on any atom is -0.486 e. The van der Waals surface area contributed by atoms with Crippen LogP contribution in [-0.2, 0) is 6.42 Å². The Morgan fingerprint density at radius 1 is 1.54 bits per heavy atom. The van der Waals surface area contributed by atoms with E-state index in [1.807, 2.05) is 38.1 Å². The van der Waals surface area contributed by atoms with Crippen LogP contribution in [0.15, 0.2) is 41.8 Å². The summed E-state index contributed by atoms with van der Waals surface area (Å²) in [4.78, 5) is 6.95. The standard InChI is InChI=1S/C17H18ClN5O/c1-11(22-14-4-3-5-20-9-14)15-7-13(18)6-12-8-17(2,10-21-23-19)24-16(12)15/h3-7,9,11,22H,8,10H2,1-2H3/t11-,17?/m1/s1. The van der Waals surface area contributed by atoms with Gasteiger partial charge < -0.3 is 10.1 Å². The number of aromatic nitrogens is 1. The van der Waals surface area contributed by atoms with Crippen molar-refractivity contribution in [3.63, 3.8) is 0 Å². The number of benzene rings is 1. The van der Waals surface area contributed by atoms with Gasteiger partial charge in [-0.2, -0.15) is 0 Å². The number of ether oxygens (including phenoxy) is 1. The first-order valence-electron chi connectivity index (χ1n) is 7.69. The highest BCUT2D eigenvalue weighted by atomic mass is 35.5. The fourth-order valence-electron chi connectivity index (χ4n) is 2.98. The number of halogens is 1. The van der Waals surface area contributed by atoms with Crippen LogP contribution in [0.5, 0.6) is 5.75 Å². The highest BCUT2D eigenvalue weighted by Gasteiger charge is 2.36. The molecule has 0 bridgehead atoms. The lowest BCUT2D eigenvalue weighted by atomic mass is 9.97. The van der Waals surface area contributed by atoms with Gasteiger partial charge in [0.05, 0.1) is 18.3 Å². The molecule has 1 aliphatic rings. The van der Waals surface area contributed by atoms with Crippen LogP contribution in [0.2, 0.25) is 5.02 Å². The van der Waals surface area contributed by atoms with E-state index in [1.54, 1.807) is 12.4 Å². The van der Waals surface area contributed by atoms with Gasteiger partial charge in [0.15, 0.2) is 0 Å². The van der Waals surface area contributed by atoms with Crippen molar-refractivity contribution >= 4 is 17.3 Å². The van der Waals surface area contributed by atoms with Gasteiger partial charge in [-0.3, -0.25) is 4.98 Å². The maximum absolute atomic E-state index is 8.57. The van der Waals surface area contributed by atoms with Crippen molar-refractivity contribution in [3.05, 3.63) is 63.3 Å². The van der Waals surface area contributed by atoms with Gasteiger partial charge in [-0.15, -0.1) is 0 Å². The molecule has 1 aromatic carbocycles. The Morgan fingerprint density at radius 3 is 3.08 bits per heavy atom. The first kappa shape index (κ1) is 16.4. The zero-order valence-corrected chi connectivity index (χ0v) is 14.3. The molecule has 7 heteroatoms. The lowest BCUT2D eigenvalue weighted by Crippen LogP contribution is -2.33. The van der Waals surface area contributed by atoms with Crippen molar-refractivity contribution in [2.45, 2.75) is 31.9 Å². The fraction of sp³-hybridized carbons (Fsp3) is 0.353. The third-order valence-electron chi connectivity index (χ3n) is 4.05. The van der Waals surface area contributed by atoms with Gasteiger partial charge in [0, 0.05) is 34.3 Å². The third-order valence-corrected chi connectivity index (χ3v) is 4.27. The van der Waals surface area contributed by atoms with Gasteiger partial charge in [-0.05, 0) is 49.2 Å². The minimum absolute atomic E-state index is 0.0107. The number of azide groups is 1. The summed E-state index contributed by atoms with van der Waals surface area (Å²) in [6, 6.07) is 7.65. The van der Waals surface area contributed by atoms with Crippen LogP contribution < -0.4 is 10.1 Å². The van der Waals surface area contributed by atoms with Crippen LogP contribution in [0.3, 0.4) is 0 Å². The second-order valence-corrected chi connectivity index (χ2v) is 6.65. The Labute approximate surface area is 145 Å². The van der Waals surface area contributed by atoms with E-state index in [0.717, 1.165) is 22.6 Å². The van der Waals surface area contributed by atoms with E-state index in [9.17, 15) is 0 Å². The summed E-state index contributed by atoms with van der Waals surface area (Å²) >= 11 is 6.30. The monoisotopic (exact) mass is 343 g/mol. The molecular weight excluding hydrogens is 326 g/mol. The van der Waals surface area contributed by atoms with E-state index in [4.69, 9.17) is 21.9 Å². The fourth-order valence-corrected chi connectivity index (χ4v) is 3.23.